The maximum Gasteiger partial charge on any atom is 0.135 e. The number of nitrogens with zero attached hydrogens (tertiary/aromatic N) is 2. The number of halogens is 1. The predicted octanol–water partition coefficient (Wildman–Crippen LogP) is 3.04. The number of ether oxygens (including phenoxy) is 1. The third kappa shape index (κ3) is 2.94. The molecule has 0 radical (unpaired) electrons. The molecule has 2 aromatic rings. The molecule has 17 heavy (non-hydrogen) atoms. The lowest BCUT2D eigenvalue weighted by molar-refractivity contribution is 0.414. The highest BCUT2D eigenvalue weighted by Crippen LogP contribution is 2.15. The molecule has 0 aliphatic carbocycles. The minimum Gasteiger partial charge on any atom is -0.497 e. The zero-order valence-corrected chi connectivity index (χ0v) is 10.5. The number of aryl methyl sites for hydroxylation is 1. The summed E-state index contributed by atoms with van der Waals surface area (Å²) in [5.41, 5.74) is 2.02. The van der Waals surface area contributed by atoms with Crippen LogP contribution in [0, 0.1) is 6.92 Å². The number of hydrogen-bond donors (Lipinski definition) is 0. The van der Waals surface area contributed by atoms with E-state index in [0.717, 1.165) is 22.7 Å². The molecule has 0 atom stereocenters. The Morgan fingerprint density at radius 2 is 1.94 bits per heavy atom. The standard InChI is InChI=1S/C13H13ClN2O/c1-9-8-15-12(16-13(9)14)7-10-3-5-11(17-2)6-4-10/h3-6,8H,7H2,1-2H3. The topological polar surface area (TPSA) is 35.0 Å². The first-order valence-electron chi connectivity index (χ1n) is 5.30. The monoisotopic (exact) mass is 248 g/mol. The second-order valence-corrected chi connectivity index (χ2v) is 4.14. The van der Waals surface area contributed by atoms with Gasteiger partial charge in [0.2, 0.25) is 0 Å². The molecule has 0 bridgehead atoms. The van der Waals surface area contributed by atoms with Crippen molar-refractivity contribution in [2.75, 3.05) is 7.11 Å². The van der Waals surface area contributed by atoms with Crippen LogP contribution in [0.2, 0.25) is 5.15 Å². The van der Waals surface area contributed by atoms with Crippen LogP contribution in [0.4, 0.5) is 0 Å². The Morgan fingerprint density at radius 3 is 2.53 bits per heavy atom. The number of benzene rings is 1. The predicted molar refractivity (Wildman–Crippen MR) is 67.6 cm³/mol. The number of aromatic nitrogens is 2. The van der Waals surface area contributed by atoms with Crippen molar-refractivity contribution in [2.45, 2.75) is 13.3 Å². The largest absolute Gasteiger partial charge is 0.497 e. The summed E-state index contributed by atoms with van der Waals surface area (Å²) in [5.74, 6) is 1.57. The molecule has 0 saturated heterocycles. The van der Waals surface area contributed by atoms with Crippen molar-refractivity contribution in [2.24, 2.45) is 0 Å². The maximum absolute atomic E-state index is 5.96. The number of hydrogen-bond acceptors (Lipinski definition) is 3. The van der Waals surface area contributed by atoms with Gasteiger partial charge in [-0.2, -0.15) is 0 Å². The van der Waals surface area contributed by atoms with Crippen LogP contribution in [0.5, 0.6) is 5.75 Å². The second kappa shape index (κ2) is 5.15. The molecule has 1 heterocycles. The Balaban J connectivity index is 2.16. The lowest BCUT2D eigenvalue weighted by Crippen LogP contribution is -1.98. The number of rotatable bonds is 3. The molecule has 1 aromatic carbocycles. The van der Waals surface area contributed by atoms with Gasteiger partial charge in [0, 0.05) is 18.2 Å². The third-order valence-electron chi connectivity index (χ3n) is 2.48. The highest BCUT2D eigenvalue weighted by atomic mass is 35.5. The van der Waals surface area contributed by atoms with Gasteiger partial charge >= 0.3 is 0 Å². The Hall–Kier alpha value is -1.61. The molecule has 88 valence electrons. The quantitative estimate of drug-likeness (QED) is 0.783. The summed E-state index contributed by atoms with van der Waals surface area (Å²) < 4.78 is 5.10. The van der Waals surface area contributed by atoms with Crippen LogP contribution in [-0.4, -0.2) is 17.1 Å². The van der Waals surface area contributed by atoms with Gasteiger partial charge in [0.15, 0.2) is 0 Å². The molecule has 0 unspecified atom stereocenters. The van der Waals surface area contributed by atoms with Gasteiger partial charge in [-0.05, 0) is 24.6 Å². The van der Waals surface area contributed by atoms with Crippen molar-refractivity contribution >= 4 is 11.6 Å². The Bertz CT molecular complexity index is 511. The fourth-order valence-corrected chi connectivity index (χ4v) is 1.61. The van der Waals surface area contributed by atoms with E-state index in [0.29, 0.717) is 11.6 Å². The Morgan fingerprint density at radius 1 is 1.24 bits per heavy atom. The van der Waals surface area contributed by atoms with Crippen LogP contribution in [0.1, 0.15) is 17.0 Å². The second-order valence-electron chi connectivity index (χ2n) is 3.78. The zero-order chi connectivity index (χ0) is 12.3. The third-order valence-corrected chi connectivity index (χ3v) is 2.86. The van der Waals surface area contributed by atoms with E-state index in [9.17, 15) is 0 Å². The first-order chi connectivity index (χ1) is 8.19. The average Bonchev–Trinajstić information content (AvgIpc) is 2.35. The molecule has 0 fully saturated rings. The Kier molecular flexibility index (Phi) is 3.59. The summed E-state index contributed by atoms with van der Waals surface area (Å²) in [6.45, 7) is 1.89. The summed E-state index contributed by atoms with van der Waals surface area (Å²) in [7, 11) is 1.65. The summed E-state index contributed by atoms with van der Waals surface area (Å²) in [5, 5.41) is 0.517. The summed E-state index contributed by atoms with van der Waals surface area (Å²) in [6, 6.07) is 7.84. The molecule has 0 spiro atoms. The number of methoxy groups -OCH3 is 1. The van der Waals surface area contributed by atoms with Gasteiger partial charge in [0.1, 0.15) is 16.7 Å². The smallest absolute Gasteiger partial charge is 0.135 e. The lowest BCUT2D eigenvalue weighted by Gasteiger charge is -2.04. The lowest BCUT2D eigenvalue weighted by atomic mass is 10.1. The highest BCUT2D eigenvalue weighted by Gasteiger charge is 2.03. The van der Waals surface area contributed by atoms with E-state index in [2.05, 4.69) is 9.97 Å². The van der Waals surface area contributed by atoms with E-state index in [1.54, 1.807) is 13.3 Å². The van der Waals surface area contributed by atoms with Gasteiger partial charge in [-0.25, -0.2) is 9.97 Å². The molecule has 3 nitrogen and oxygen atoms in total. The van der Waals surface area contributed by atoms with Gasteiger partial charge in [-0.3, -0.25) is 0 Å². The van der Waals surface area contributed by atoms with Gasteiger partial charge in [-0.1, -0.05) is 23.7 Å². The minimum absolute atomic E-state index is 0.517. The van der Waals surface area contributed by atoms with Crippen molar-refractivity contribution in [3.8, 4) is 5.75 Å². The zero-order valence-electron chi connectivity index (χ0n) is 9.77. The SMILES string of the molecule is COc1ccc(Cc2ncc(C)c(Cl)n2)cc1. The molecule has 0 amide bonds. The summed E-state index contributed by atoms with van der Waals surface area (Å²) in [6.07, 6.45) is 2.41. The minimum atomic E-state index is 0.517. The van der Waals surface area contributed by atoms with Crippen LogP contribution in [0.25, 0.3) is 0 Å². The van der Waals surface area contributed by atoms with Crippen molar-refractivity contribution in [1.82, 2.24) is 9.97 Å². The van der Waals surface area contributed by atoms with Crippen molar-refractivity contribution < 1.29 is 4.74 Å². The molecule has 0 aliphatic heterocycles. The average molecular weight is 249 g/mol. The van der Waals surface area contributed by atoms with Gasteiger partial charge in [0.05, 0.1) is 7.11 Å². The molecular weight excluding hydrogens is 236 g/mol. The summed E-state index contributed by atoms with van der Waals surface area (Å²) >= 11 is 5.96. The normalized spacial score (nSPS) is 10.3. The van der Waals surface area contributed by atoms with Crippen LogP contribution in [0.15, 0.2) is 30.5 Å². The molecule has 4 heteroatoms. The van der Waals surface area contributed by atoms with Crippen LogP contribution < -0.4 is 4.74 Å². The van der Waals surface area contributed by atoms with Crippen molar-refractivity contribution in [3.63, 3.8) is 0 Å². The van der Waals surface area contributed by atoms with Crippen molar-refractivity contribution in [1.29, 1.82) is 0 Å². The first-order valence-corrected chi connectivity index (χ1v) is 5.68. The Labute approximate surface area is 105 Å². The highest BCUT2D eigenvalue weighted by molar-refractivity contribution is 6.30. The van der Waals surface area contributed by atoms with E-state index in [-0.39, 0.29) is 0 Å². The van der Waals surface area contributed by atoms with E-state index in [4.69, 9.17) is 16.3 Å². The molecule has 2 rings (SSSR count). The fraction of sp³-hybridized carbons (Fsp3) is 0.231. The van der Waals surface area contributed by atoms with Gasteiger partial charge < -0.3 is 4.74 Å². The van der Waals surface area contributed by atoms with Gasteiger partial charge in [0.25, 0.3) is 0 Å². The molecular formula is C13H13ClN2O. The van der Waals surface area contributed by atoms with Crippen molar-refractivity contribution in [3.05, 3.63) is 52.6 Å². The van der Waals surface area contributed by atoms with Crippen LogP contribution >= 0.6 is 11.6 Å². The molecule has 0 saturated carbocycles. The van der Waals surface area contributed by atoms with Crippen LogP contribution in [0.3, 0.4) is 0 Å². The van der Waals surface area contributed by atoms with E-state index in [1.807, 2.05) is 31.2 Å². The molecule has 0 N–H and O–H groups in total. The summed E-state index contributed by atoms with van der Waals surface area (Å²) in [4.78, 5) is 8.48. The molecule has 1 aromatic heterocycles. The van der Waals surface area contributed by atoms with E-state index >= 15 is 0 Å². The molecule has 0 aliphatic rings. The fourth-order valence-electron chi connectivity index (χ4n) is 1.47. The maximum atomic E-state index is 5.96. The van der Waals surface area contributed by atoms with Gasteiger partial charge in [-0.15, -0.1) is 0 Å². The van der Waals surface area contributed by atoms with E-state index in [1.165, 1.54) is 0 Å². The van der Waals surface area contributed by atoms with Crippen LogP contribution in [-0.2, 0) is 6.42 Å². The first kappa shape index (κ1) is 11.9. The van der Waals surface area contributed by atoms with E-state index < -0.39 is 0 Å².